The number of nitrogens with zero attached hydrogens (tertiary/aromatic N) is 1. The molecule has 69 heavy (non-hydrogen) atoms. The second-order valence-corrected chi connectivity index (χ2v) is 20.8. The van der Waals surface area contributed by atoms with Crippen LogP contribution in [0.4, 0.5) is 17.1 Å². The number of anilines is 3. The Morgan fingerprint density at radius 2 is 0.841 bits per heavy atom. The van der Waals surface area contributed by atoms with Crippen LogP contribution in [-0.4, -0.2) is 5.11 Å². The van der Waals surface area contributed by atoms with Gasteiger partial charge in [-0.15, -0.1) is 0 Å². The molecule has 1 atom stereocenters. The summed E-state index contributed by atoms with van der Waals surface area (Å²) in [5.74, 6) is 0. The van der Waals surface area contributed by atoms with E-state index in [1.165, 1.54) is 44.5 Å². The molecule has 0 heterocycles. The van der Waals surface area contributed by atoms with Crippen molar-refractivity contribution in [3.05, 3.63) is 245 Å². The van der Waals surface area contributed by atoms with E-state index in [1.807, 2.05) is 0 Å². The lowest BCUT2D eigenvalue weighted by molar-refractivity contribution is 0.131. The number of hydrogen-bond donors (Lipinski definition) is 1. The molecule has 2 heteroatoms. The number of hydrogen-bond acceptors (Lipinski definition) is 2. The Balaban J connectivity index is 1.12. The lowest BCUT2D eigenvalue weighted by Gasteiger charge is -2.33. The molecule has 0 fully saturated rings. The fourth-order valence-corrected chi connectivity index (χ4v) is 10.6. The van der Waals surface area contributed by atoms with E-state index in [0.717, 1.165) is 80.0 Å². The van der Waals surface area contributed by atoms with Crippen molar-refractivity contribution in [2.45, 2.75) is 84.7 Å². The van der Waals surface area contributed by atoms with Gasteiger partial charge in [0, 0.05) is 33.8 Å². The maximum absolute atomic E-state index is 14.0. The van der Waals surface area contributed by atoms with Gasteiger partial charge in [0.2, 0.25) is 0 Å². The lowest BCUT2D eigenvalue weighted by atomic mass is 9.75. The van der Waals surface area contributed by atoms with Gasteiger partial charge in [0.05, 0.1) is 0 Å². The highest BCUT2D eigenvalue weighted by Gasteiger charge is 2.46. The minimum Gasteiger partial charge on any atom is -0.376 e. The van der Waals surface area contributed by atoms with Crippen LogP contribution >= 0.6 is 0 Å². The van der Waals surface area contributed by atoms with E-state index in [9.17, 15) is 5.11 Å². The highest BCUT2D eigenvalue weighted by molar-refractivity contribution is 5.92. The molecule has 2 nitrogen and oxygen atoms in total. The van der Waals surface area contributed by atoms with E-state index in [-0.39, 0.29) is 10.8 Å². The van der Waals surface area contributed by atoms with Crippen LogP contribution in [-0.2, 0) is 29.3 Å². The number of rotatable bonds is 10. The van der Waals surface area contributed by atoms with Crippen molar-refractivity contribution in [2.75, 3.05) is 4.90 Å². The Morgan fingerprint density at radius 1 is 0.362 bits per heavy atom. The van der Waals surface area contributed by atoms with Gasteiger partial charge in [-0.3, -0.25) is 0 Å². The van der Waals surface area contributed by atoms with Crippen molar-refractivity contribution in [2.24, 2.45) is 0 Å². The van der Waals surface area contributed by atoms with Crippen LogP contribution in [0.15, 0.2) is 206 Å². The molecule has 1 aliphatic rings. The molecule has 0 aliphatic heterocycles. The smallest absolute Gasteiger partial charge is 0.142 e. The molecule has 0 spiro atoms. The van der Waals surface area contributed by atoms with Crippen LogP contribution < -0.4 is 4.90 Å². The van der Waals surface area contributed by atoms with E-state index < -0.39 is 5.60 Å². The zero-order chi connectivity index (χ0) is 48.1. The summed E-state index contributed by atoms with van der Waals surface area (Å²) in [5, 5.41) is 14.0. The second-order valence-electron chi connectivity index (χ2n) is 20.8. The highest BCUT2D eigenvalue weighted by atomic mass is 16.3. The molecule has 10 rings (SSSR count). The van der Waals surface area contributed by atoms with E-state index in [1.54, 1.807) is 0 Å². The molecule has 0 saturated carbocycles. The average molecular weight is 898 g/mol. The molecular formula is C67H63NO. The topological polar surface area (TPSA) is 23.5 Å². The second kappa shape index (κ2) is 18.0. The Bertz CT molecular complexity index is 3290. The monoisotopic (exact) mass is 897 g/mol. The predicted octanol–water partition coefficient (Wildman–Crippen LogP) is 17.8. The predicted molar refractivity (Wildman–Crippen MR) is 293 cm³/mol. The molecule has 1 N–H and O–H groups in total. The third-order valence-corrected chi connectivity index (χ3v) is 14.5. The molecule has 342 valence electrons. The first-order valence-electron chi connectivity index (χ1n) is 24.8. The van der Waals surface area contributed by atoms with E-state index in [4.69, 9.17) is 0 Å². The largest absolute Gasteiger partial charge is 0.376 e. The van der Waals surface area contributed by atoms with E-state index in [0.29, 0.717) is 0 Å². The lowest BCUT2D eigenvalue weighted by Crippen LogP contribution is -2.29. The molecule has 9 aromatic carbocycles. The average Bonchev–Trinajstić information content (AvgIpc) is 3.65. The van der Waals surface area contributed by atoms with Gasteiger partial charge >= 0.3 is 0 Å². The number of aryl methyl sites for hydroxylation is 2. The number of benzene rings is 9. The van der Waals surface area contributed by atoms with Gasteiger partial charge in [-0.2, -0.15) is 0 Å². The summed E-state index contributed by atoms with van der Waals surface area (Å²) in [6.07, 6.45) is 1.89. The molecule has 0 saturated heterocycles. The Morgan fingerprint density at radius 3 is 1.49 bits per heavy atom. The first-order valence-corrected chi connectivity index (χ1v) is 24.8. The molecule has 9 aromatic rings. The Kier molecular flexibility index (Phi) is 11.9. The molecule has 0 amide bonds. The summed E-state index contributed by atoms with van der Waals surface area (Å²) in [6.45, 7) is 18.0. The van der Waals surface area contributed by atoms with Crippen LogP contribution in [0.1, 0.15) is 94.3 Å². The number of aliphatic hydroxyl groups is 1. The van der Waals surface area contributed by atoms with Gasteiger partial charge < -0.3 is 10.0 Å². The van der Waals surface area contributed by atoms with Crippen LogP contribution in [0.2, 0.25) is 0 Å². The van der Waals surface area contributed by atoms with Gasteiger partial charge in [0.15, 0.2) is 0 Å². The Labute approximate surface area is 410 Å². The molecule has 0 radical (unpaired) electrons. The summed E-state index contributed by atoms with van der Waals surface area (Å²) in [5.41, 5.74) is 20.8. The van der Waals surface area contributed by atoms with Gasteiger partial charge in [-0.1, -0.05) is 225 Å². The summed E-state index contributed by atoms with van der Waals surface area (Å²) < 4.78 is 0. The summed E-state index contributed by atoms with van der Waals surface area (Å²) in [6, 6.07) is 74.9. The summed E-state index contributed by atoms with van der Waals surface area (Å²) in [4.78, 5) is 2.38. The van der Waals surface area contributed by atoms with Crippen molar-refractivity contribution in [3.63, 3.8) is 0 Å². The maximum Gasteiger partial charge on any atom is 0.142 e. The molecule has 1 unspecified atom stereocenters. The van der Waals surface area contributed by atoms with Crippen LogP contribution in [0.25, 0.3) is 55.6 Å². The zero-order valence-electron chi connectivity index (χ0n) is 41.4. The third-order valence-electron chi connectivity index (χ3n) is 14.5. The van der Waals surface area contributed by atoms with Crippen molar-refractivity contribution in [1.82, 2.24) is 0 Å². The van der Waals surface area contributed by atoms with E-state index in [2.05, 4.69) is 267 Å². The zero-order valence-corrected chi connectivity index (χ0v) is 41.4. The molecule has 0 aromatic heterocycles. The van der Waals surface area contributed by atoms with Crippen molar-refractivity contribution < 1.29 is 5.11 Å². The van der Waals surface area contributed by atoms with Gasteiger partial charge in [0.25, 0.3) is 0 Å². The van der Waals surface area contributed by atoms with Crippen molar-refractivity contribution in [1.29, 1.82) is 0 Å². The van der Waals surface area contributed by atoms with Gasteiger partial charge in [-0.25, -0.2) is 0 Å². The minimum absolute atomic E-state index is 0.0255. The minimum atomic E-state index is -1.44. The summed E-state index contributed by atoms with van der Waals surface area (Å²) in [7, 11) is 0. The number of fused-ring (bicyclic) bond motifs is 3. The standard InChI is InChI=1S/C67H63NO/c1-9-45-19-14-15-22-56(45)57-42-40-55(43-46(57)10-2)68(53-36-29-48(30-37-53)47-20-12-11-13-21-47)54-38-31-50(32-39-54)59-24-18-25-61-60-23-16-17-26-62(60)67(69,64(59)61)63-44-52(66(6,7)8)35-41-58(63)49-27-33-51(34-28-49)65(3,4)5/h11-44,69H,9-10H2,1-8H3. The van der Waals surface area contributed by atoms with Crippen molar-refractivity contribution in [3.8, 4) is 55.6 Å². The SMILES string of the molecule is CCc1ccccc1-c1ccc(N(c2ccc(-c3ccccc3)cc2)c2ccc(-c3cccc4c3C(O)(c3cc(C(C)(C)C)ccc3-c3ccc(C(C)(C)C)cc3)c3ccccc3-4)cc2)cc1CC. The van der Waals surface area contributed by atoms with Crippen molar-refractivity contribution >= 4 is 17.1 Å². The van der Waals surface area contributed by atoms with Crippen LogP contribution in [0.3, 0.4) is 0 Å². The van der Waals surface area contributed by atoms with Gasteiger partial charge in [0.1, 0.15) is 5.60 Å². The quantitative estimate of drug-likeness (QED) is 0.148. The van der Waals surface area contributed by atoms with Gasteiger partial charge in [-0.05, 0) is 138 Å². The Hall–Kier alpha value is -7.26. The van der Waals surface area contributed by atoms with E-state index >= 15 is 0 Å². The summed E-state index contributed by atoms with van der Waals surface area (Å²) >= 11 is 0. The van der Waals surface area contributed by atoms with Crippen LogP contribution in [0, 0.1) is 0 Å². The molecule has 0 bridgehead atoms. The van der Waals surface area contributed by atoms with Crippen LogP contribution in [0.5, 0.6) is 0 Å². The molecular weight excluding hydrogens is 835 g/mol. The maximum atomic E-state index is 14.0. The molecule has 1 aliphatic carbocycles. The highest BCUT2D eigenvalue weighted by Crippen LogP contribution is 2.56. The fourth-order valence-electron chi connectivity index (χ4n) is 10.6. The first-order chi connectivity index (χ1) is 33.3. The normalized spacial score (nSPS) is 14.3. The third kappa shape index (κ3) is 8.32. The fraction of sp³-hybridized carbons (Fsp3) is 0.194. The first kappa shape index (κ1) is 45.5.